The monoisotopic (exact) mass is 312 g/mol. The van der Waals surface area contributed by atoms with Gasteiger partial charge in [0.05, 0.1) is 12.2 Å². The summed E-state index contributed by atoms with van der Waals surface area (Å²) in [4.78, 5) is 0. The number of rotatable bonds is 8. The molecule has 0 amide bonds. The Morgan fingerprint density at radius 1 is 1.04 bits per heavy atom. The molecule has 0 unspecified atom stereocenters. The summed E-state index contributed by atoms with van der Waals surface area (Å²) in [5.74, 6) is 0.264. The SMILES string of the molecule is CO[C@H](/C=C/c1ccccc1)C[C@@H](O)CCc1ccc(O)cc1. The number of methoxy groups -OCH3 is 1. The van der Waals surface area contributed by atoms with Crippen LogP contribution in [0.2, 0.25) is 0 Å². The molecule has 2 aromatic carbocycles. The first-order valence-corrected chi connectivity index (χ1v) is 7.89. The third-order valence-electron chi connectivity index (χ3n) is 3.81. The molecule has 2 aromatic rings. The molecule has 2 rings (SSSR count). The fraction of sp³-hybridized carbons (Fsp3) is 0.300. The summed E-state index contributed by atoms with van der Waals surface area (Å²) in [6.07, 6.45) is 5.49. The summed E-state index contributed by atoms with van der Waals surface area (Å²) in [5, 5.41) is 19.5. The van der Waals surface area contributed by atoms with Gasteiger partial charge in [-0.05, 0) is 36.1 Å². The van der Waals surface area contributed by atoms with E-state index in [0.29, 0.717) is 12.8 Å². The van der Waals surface area contributed by atoms with Crippen molar-refractivity contribution in [1.29, 1.82) is 0 Å². The van der Waals surface area contributed by atoms with E-state index < -0.39 is 6.10 Å². The van der Waals surface area contributed by atoms with Gasteiger partial charge in [-0.15, -0.1) is 0 Å². The van der Waals surface area contributed by atoms with Crippen LogP contribution in [-0.2, 0) is 11.2 Å². The quantitative estimate of drug-likeness (QED) is 0.779. The zero-order valence-electron chi connectivity index (χ0n) is 13.4. The van der Waals surface area contributed by atoms with Crippen LogP contribution in [0.5, 0.6) is 5.75 Å². The van der Waals surface area contributed by atoms with Crippen molar-refractivity contribution in [2.45, 2.75) is 31.5 Å². The molecule has 0 aliphatic carbocycles. The summed E-state index contributed by atoms with van der Waals surface area (Å²) >= 11 is 0. The number of aromatic hydroxyl groups is 1. The summed E-state index contributed by atoms with van der Waals surface area (Å²) in [6, 6.07) is 17.1. The molecule has 0 heterocycles. The van der Waals surface area contributed by atoms with E-state index in [1.807, 2.05) is 54.6 Å². The number of phenols is 1. The fourth-order valence-electron chi connectivity index (χ4n) is 2.42. The van der Waals surface area contributed by atoms with Gasteiger partial charge in [0, 0.05) is 13.5 Å². The lowest BCUT2D eigenvalue weighted by molar-refractivity contribution is 0.0685. The minimum Gasteiger partial charge on any atom is -0.508 e. The highest BCUT2D eigenvalue weighted by atomic mass is 16.5. The number of aryl methyl sites for hydroxylation is 1. The number of benzene rings is 2. The Bertz CT molecular complexity index is 590. The van der Waals surface area contributed by atoms with E-state index in [1.54, 1.807) is 19.2 Å². The summed E-state index contributed by atoms with van der Waals surface area (Å²) in [7, 11) is 1.66. The standard InChI is InChI=1S/C20H24O3/c1-23-20(14-10-16-5-3-2-4-6-16)15-19(22)13-9-17-7-11-18(21)12-8-17/h2-8,10-12,14,19-22H,9,13,15H2,1H3/b14-10+/t19-,20+/m0/s1. The van der Waals surface area contributed by atoms with Crippen molar-refractivity contribution in [2.24, 2.45) is 0 Å². The van der Waals surface area contributed by atoms with Crippen LogP contribution in [-0.4, -0.2) is 29.5 Å². The van der Waals surface area contributed by atoms with Gasteiger partial charge in [-0.1, -0.05) is 54.6 Å². The van der Waals surface area contributed by atoms with E-state index in [0.717, 1.165) is 17.5 Å². The third kappa shape index (κ3) is 6.27. The Morgan fingerprint density at radius 3 is 2.39 bits per heavy atom. The number of hydrogen-bond donors (Lipinski definition) is 2. The zero-order valence-corrected chi connectivity index (χ0v) is 13.4. The number of ether oxygens (including phenoxy) is 1. The predicted molar refractivity (Wildman–Crippen MR) is 93.3 cm³/mol. The van der Waals surface area contributed by atoms with Crippen molar-refractivity contribution < 1.29 is 14.9 Å². The molecule has 23 heavy (non-hydrogen) atoms. The minimum atomic E-state index is -0.422. The predicted octanol–water partition coefficient (Wildman–Crippen LogP) is 3.80. The van der Waals surface area contributed by atoms with Gasteiger partial charge in [-0.2, -0.15) is 0 Å². The number of hydrogen-bond acceptors (Lipinski definition) is 3. The molecule has 3 heteroatoms. The normalized spacial score (nSPS) is 14.0. The smallest absolute Gasteiger partial charge is 0.115 e. The van der Waals surface area contributed by atoms with Crippen molar-refractivity contribution >= 4 is 6.08 Å². The zero-order chi connectivity index (χ0) is 16.5. The first kappa shape index (κ1) is 17.3. The Balaban J connectivity index is 1.81. The number of aliphatic hydroxyl groups excluding tert-OH is 1. The van der Waals surface area contributed by atoms with Crippen LogP contribution >= 0.6 is 0 Å². The molecule has 3 nitrogen and oxygen atoms in total. The highest BCUT2D eigenvalue weighted by molar-refractivity contribution is 5.49. The topological polar surface area (TPSA) is 49.7 Å². The van der Waals surface area contributed by atoms with Crippen LogP contribution < -0.4 is 0 Å². The molecule has 2 atom stereocenters. The second-order valence-corrected chi connectivity index (χ2v) is 5.64. The van der Waals surface area contributed by atoms with Crippen molar-refractivity contribution in [1.82, 2.24) is 0 Å². The van der Waals surface area contributed by atoms with Crippen LogP contribution in [0.1, 0.15) is 24.0 Å². The van der Waals surface area contributed by atoms with Crippen LogP contribution in [0.3, 0.4) is 0 Å². The average molecular weight is 312 g/mol. The van der Waals surface area contributed by atoms with E-state index in [2.05, 4.69) is 0 Å². The molecule has 0 aromatic heterocycles. The van der Waals surface area contributed by atoms with Gasteiger partial charge in [0.2, 0.25) is 0 Å². The molecule has 2 N–H and O–H groups in total. The second kappa shape index (κ2) is 9.13. The number of phenolic OH excluding ortho intramolecular Hbond substituents is 1. The number of aliphatic hydroxyl groups is 1. The molecule has 0 fully saturated rings. The van der Waals surface area contributed by atoms with E-state index in [-0.39, 0.29) is 11.9 Å². The highest BCUT2D eigenvalue weighted by Crippen LogP contribution is 2.15. The Morgan fingerprint density at radius 2 is 1.74 bits per heavy atom. The van der Waals surface area contributed by atoms with Gasteiger partial charge in [0.25, 0.3) is 0 Å². The van der Waals surface area contributed by atoms with Gasteiger partial charge < -0.3 is 14.9 Å². The molecule has 0 saturated heterocycles. The van der Waals surface area contributed by atoms with Gasteiger partial charge >= 0.3 is 0 Å². The molecular formula is C20H24O3. The lowest BCUT2D eigenvalue weighted by Gasteiger charge is -2.16. The van der Waals surface area contributed by atoms with Gasteiger partial charge in [-0.25, -0.2) is 0 Å². The summed E-state index contributed by atoms with van der Waals surface area (Å²) in [5.41, 5.74) is 2.23. The van der Waals surface area contributed by atoms with E-state index in [9.17, 15) is 10.2 Å². The van der Waals surface area contributed by atoms with Crippen LogP contribution in [0.25, 0.3) is 6.08 Å². The Hall–Kier alpha value is -2.10. The molecule has 0 spiro atoms. The van der Waals surface area contributed by atoms with Crippen LogP contribution in [0.4, 0.5) is 0 Å². The van der Waals surface area contributed by atoms with E-state index in [4.69, 9.17) is 4.74 Å². The summed E-state index contributed by atoms with van der Waals surface area (Å²) in [6.45, 7) is 0. The van der Waals surface area contributed by atoms with Gasteiger partial charge in [-0.3, -0.25) is 0 Å². The van der Waals surface area contributed by atoms with Gasteiger partial charge in [0.15, 0.2) is 0 Å². The first-order valence-electron chi connectivity index (χ1n) is 7.89. The maximum Gasteiger partial charge on any atom is 0.115 e. The van der Waals surface area contributed by atoms with Gasteiger partial charge in [0.1, 0.15) is 5.75 Å². The maximum absolute atomic E-state index is 10.2. The minimum absolute atomic E-state index is 0.106. The van der Waals surface area contributed by atoms with Crippen molar-refractivity contribution in [3.05, 3.63) is 71.8 Å². The Labute approximate surface area is 137 Å². The molecule has 0 bridgehead atoms. The lowest BCUT2D eigenvalue weighted by atomic mass is 10.0. The Kier molecular flexibility index (Phi) is 6.85. The fourth-order valence-corrected chi connectivity index (χ4v) is 2.42. The molecule has 0 saturated carbocycles. The molecule has 122 valence electrons. The largest absolute Gasteiger partial charge is 0.508 e. The van der Waals surface area contributed by atoms with E-state index in [1.165, 1.54) is 0 Å². The molecule has 0 radical (unpaired) electrons. The molecule has 0 aliphatic rings. The highest BCUT2D eigenvalue weighted by Gasteiger charge is 2.11. The summed E-state index contributed by atoms with van der Waals surface area (Å²) < 4.78 is 5.43. The van der Waals surface area contributed by atoms with Crippen molar-refractivity contribution in [3.63, 3.8) is 0 Å². The van der Waals surface area contributed by atoms with E-state index >= 15 is 0 Å². The first-order chi connectivity index (χ1) is 11.2. The average Bonchev–Trinajstić information content (AvgIpc) is 2.59. The second-order valence-electron chi connectivity index (χ2n) is 5.64. The molecule has 0 aliphatic heterocycles. The van der Waals surface area contributed by atoms with Crippen LogP contribution in [0, 0.1) is 0 Å². The third-order valence-corrected chi connectivity index (χ3v) is 3.81. The van der Waals surface area contributed by atoms with Crippen LogP contribution in [0.15, 0.2) is 60.7 Å². The molecular weight excluding hydrogens is 288 g/mol. The van der Waals surface area contributed by atoms with Crippen molar-refractivity contribution in [3.8, 4) is 5.75 Å². The lowest BCUT2D eigenvalue weighted by Crippen LogP contribution is -2.18. The van der Waals surface area contributed by atoms with Crippen molar-refractivity contribution in [2.75, 3.05) is 7.11 Å². The maximum atomic E-state index is 10.2.